The highest BCUT2D eigenvalue weighted by atomic mass is 32.2. The Morgan fingerprint density at radius 1 is 1.23 bits per heavy atom. The minimum absolute atomic E-state index is 0.0341. The van der Waals surface area contributed by atoms with E-state index in [-0.39, 0.29) is 12.1 Å². The smallest absolute Gasteiger partial charge is 0.346 e. The molecule has 0 aromatic heterocycles. The van der Waals surface area contributed by atoms with Crippen molar-refractivity contribution in [1.82, 2.24) is 0 Å². The van der Waals surface area contributed by atoms with Gasteiger partial charge < -0.3 is 14.2 Å². The Bertz CT molecular complexity index is 411. The summed E-state index contributed by atoms with van der Waals surface area (Å²) in [5.74, 6) is 1.21. The summed E-state index contributed by atoms with van der Waals surface area (Å²) in [7, 11) is 0. The Kier molecular flexibility index (Phi) is 6.15. The fourth-order valence-corrected chi connectivity index (χ4v) is 4.08. The largest absolute Gasteiger partial charge is 0.459 e. The van der Waals surface area contributed by atoms with Crippen LogP contribution in [0.5, 0.6) is 0 Å². The third-order valence-corrected chi connectivity index (χ3v) is 5.45. The van der Waals surface area contributed by atoms with Gasteiger partial charge in [0.1, 0.15) is 6.10 Å². The minimum Gasteiger partial charge on any atom is -0.459 e. The van der Waals surface area contributed by atoms with E-state index < -0.39 is 17.7 Å². The lowest BCUT2D eigenvalue weighted by molar-refractivity contribution is -0.185. The van der Waals surface area contributed by atoms with Gasteiger partial charge in [0.25, 0.3) is 0 Å². The summed E-state index contributed by atoms with van der Waals surface area (Å²) in [6.07, 6.45) is 2.53. The molecule has 126 valence electrons. The van der Waals surface area contributed by atoms with Crippen molar-refractivity contribution in [2.75, 3.05) is 5.75 Å². The van der Waals surface area contributed by atoms with Crippen molar-refractivity contribution < 1.29 is 23.8 Å². The van der Waals surface area contributed by atoms with Gasteiger partial charge in [-0.3, -0.25) is 4.79 Å². The molecule has 2 fully saturated rings. The molecule has 2 rings (SSSR count). The molecule has 1 aliphatic heterocycles. The second kappa shape index (κ2) is 7.68. The van der Waals surface area contributed by atoms with Crippen molar-refractivity contribution in [2.24, 2.45) is 17.8 Å². The molecular formula is C16H26O5S. The van der Waals surface area contributed by atoms with Crippen LogP contribution in [0.4, 0.5) is 0 Å². The molecule has 0 spiro atoms. The normalized spacial score (nSPS) is 35.4. The van der Waals surface area contributed by atoms with Crippen LogP contribution in [-0.4, -0.2) is 35.5 Å². The summed E-state index contributed by atoms with van der Waals surface area (Å²) >= 11 is 1.33. The van der Waals surface area contributed by atoms with Gasteiger partial charge in [-0.25, -0.2) is 4.79 Å². The van der Waals surface area contributed by atoms with E-state index in [1.54, 1.807) is 0 Å². The first-order chi connectivity index (χ1) is 10.4. The van der Waals surface area contributed by atoms with Gasteiger partial charge in [0.15, 0.2) is 0 Å². The number of hydrogen-bond acceptors (Lipinski definition) is 6. The van der Waals surface area contributed by atoms with E-state index in [0.717, 1.165) is 12.8 Å². The third-order valence-electron chi connectivity index (χ3n) is 4.38. The molecule has 6 heteroatoms. The molecule has 1 aliphatic carbocycles. The van der Waals surface area contributed by atoms with Crippen LogP contribution in [0.1, 0.15) is 47.0 Å². The predicted molar refractivity (Wildman–Crippen MR) is 84.1 cm³/mol. The van der Waals surface area contributed by atoms with E-state index in [2.05, 4.69) is 20.8 Å². The van der Waals surface area contributed by atoms with E-state index in [4.69, 9.17) is 14.2 Å². The highest BCUT2D eigenvalue weighted by Gasteiger charge is 2.39. The van der Waals surface area contributed by atoms with E-state index in [1.807, 2.05) is 0 Å². The average molecular weight is 330 g/mol. The van der Waals surface area contributed by atoms with E-state index in [1.165, 1.54) is 25.1 Å². The van der Waals surface area contributed by atoms with Gasteiger partial charge in [-0.15, -0.1) is 11.8 Å². The molecule has 5 nitrogen and oxygen atoms in total. The Hall–Kier alpha value is -0.750. The number of carbonyl (C=O) groups excluding carboxylic acids is 2. The van der Waals surface area contributed by atoms with Crippen LogP contribution in [0.3, 0.4) is 0 Å². The quantitative estimate of drug-likeness (QED) is 0.739. The topological polar surface area (TPSA) is 61.8 Å². The molecule has 0 aromatic rings. The summed E-state index contributed by atoms with van der Waals surface area (Å²) in [5, 5.41) is 0. The maximum Gasteiger partial charge on any atom is 0.346 e. The molecule has 1 saturated carbocycles. The number of esters is 2. The van der Waals surface area contributed by atoms with Gasteiger partial charge in [0, 0.05) is 6.92 Å². The highest BCUT2D eigenvalue weighted by molar-refractivity contribution is 8.00. The Balaban J connectivity index is 1.88. The highest BCUT2D eigenvalue weighted by Crippen LogP contribution is 2.36. The molecule has 2 aliphatic rings. The van der Waals surface area contributed by atoms with Gasteiger partial charge in [-0.2, -0.15) is 0 Å². The second-order valence-corrected chi connectivity index (χ2v) is 7.74. The van der Waals surface area contributed by atoms with Crippen LogP contribution in [0.2, 0.25) is 0 Å². The number of ether oxygens (including phenoxy) is 3. The van der Waals surface area contributed by atoms with Crippen LogP contribution < -0.4 is 0 Å². The number of carbonyl (C=O) groups is 2. The summed E-state index contributed by atoms with van der Waals surface area (Å²) in [4.78, 5) is 23.2. The van der Waals surface area contributed by atoms with Crippen LogP contribution in [-0.2, 0) is 23.8 Å². The van der Waals surface area contributed by atoms with E-state index in [0.29, 0.717) is 23.5 Å². The lowest BCUT2D eigenvalue weighted by Gasteiger charge is -2.37. The van der Waals surface area contributed by atoms with Gasteiger partial charge in [-0.05, 0) is 30.6 Å². The second-order valence-electron chi connectivity index (χ2n) is 6.64. The zero-order valence-corrected chi connectivity index (χ0v) is 14.6. The van der Waals surface area contributed by atoms with Crippen molar-refractivity contribution in [2.45, 2.75) is 64.8 Å². The lowest BCUT2D eigenvalue weighted by atomic mass is 9.75. The standard InChI is InChI=1S/C16H26O5S/c1-9(2)12-6-5-10(3)7-13(12)20-15(18)16-21-14(8-22-16)19-11(4)17/h9-10,12-14,16H,5-8H2,1-4H3/t10?,12?,13?,14-,16-/m1/s1. The molecule has 0 N–H and O–H groups in total. The molecule has 5 atom stereocenters. The molecule has 3 unspecified atom stereocenters. The Labute approximate surface area is 136 Å². The third kappa shape index (κ3) is 4.62. The van der Waals surface area contributed by atoms with E-state index >= 15 is 0 Å². The van der Waals surface area contributed by atoms with Crippen molar-refractivity contribution in [3.05, 3.63) is 0 Å². The zero-order chi connectivity index (χ0) is 16.3. The number of hydrogen-bond donors (Lipinski definition) is 0. The van der Waals surface area contributed by atoms with E-state index in [9.17, 15) is 9.59 Å². The van der Waals surface area contributed by atoms with Gasteiger partial charge >= 0.3 is 11.9 Å². The predicted octanol–water partition coefficient (Wildman–Crippen LogP) is 2.97. The maximum atomic E-state index is 12.3. The lowest BCUT2D eigenvalue weighted by Crippen LogP contribution is -2.38. The number of thioether (sulfide) groups is 1. The average Bonchev–Trinajstić information content (AvgIpc) is 2.86. The molecule has 0 radical (unpaired) electrons. The van der Waals surface area contributed by atoms with Crippen LogP contribution in [0, 0.1) is 17.8 Å². The SMILES string of the molecule is CC(=O)O[C@H]1CS[C@H](C(=O)OC2CC(C)CCC2C(C)C)O1. The van der Waals surface area contributed by atoms with Crippen molar-refractivity contribution in [3.8, 4) is 0 Å². The first kappa shape index (κ1) is 17.6. The molecule has 1 saturated heterocycles. The molecule has 22 heavy (non-hydrogen) atoms. The van der Waals surface area contributed by atoms with Crippen LogP contribution in [0.25, 0.3) is 0 Å². The Morgan fingerprint density at radius 2 is 1.95 bits per heavy atom. The fraction of sp³-hybridized carbons (Fsp3) is 0.875. The summed E-state index contributed by atoms with van der Waals surface area (Å²) in [6, 6.07) is 0. The molecule has 0 amide bonds. The molecule has 1 heterocycles. The monoisotopic (exact) mass is 330 g/mol. The van der Waals surface area contributed by atoms with Gasteiger partial charge in [0.2, 0.25) is 11.7 Å². The van der Waals surface area contributed by atoms with Crippen LogP contribution in [0.15, 0.2) is 0 Å². The Morgan fingerprint density at radius 3 is 2.59 bits per heavy atom. The van der Waals surface area contributed by atoms with Crippen LogP contribution >= 0.6 is 11.8 Å². The van der Waals surface area contributed by atoms with Crippen molar-refractivity contribution in [1.29, 1.82) is 0 Å². The summed E-state index contributed by atoms with van der Waals surface area (Å²) in [6.45, 7) is 7.89. The fourth-order valence-electron chi connectivity index (χ4n) is 3.21. The summed E-state index contributed by atoms with van der Waals surface area (Å²) in [5.41, 5.74) is -0.686. The van der Waals surface area contributed by atoms with Crippen molar-refractivity contribution in [3.63, 3.8) is 0 Å². The van der Waals surface area contributed by atoms with Gasteiger partial charge in [-0.1, -0.05) is 27.2 Å². The molecule has 0 aromatic carbocycles. The van der Waals surface area contributed by atoms with Gasteiger partial charge in [0.05, 0.1) is 5.75 Å². The van der Waals surface area contributed by atoms with Crippen molar-refractivity contribution >= 4 is 23.7 Å². The number of rotatable bonds is 4. The summed E-state index contributed by atoms with van der Waals surface area (Å²) < 4.78 is 16.2. The molecular weight excluding hydrogens is 304 g/mol. The molecule has 0 bridgehead atoms. The minimum atomic E-state index is -0.686. The first-order valence-corrected chi connectivity index (χ1v) is 9.06. The zero-order valence-electron chi connectivity index (χ0n) is 13.7. The maximum absolute atomic E-state index is 12.3. The first-order valence-electron chi connectivity index (χ1n) is 8.01.